The summed E-state index contributed by atoms with van der Waals surface area (Å²) in [6.45, 7) is 8.25. The highest BCUT2D eigenvalue weighted by atomic mass is 16.2. The number of hydrogen-bond acceptors (Lipinski definition) is 2. The van der Waals surface area contributed by atoms with Crippen molar-refractivity contribution in [1.29, 1.82) is 0 Å². The Labute approximate surface area is 111 Å². The van der Waals surface area contributed by atoms with E-state index in [0.717, 1.165) is 57.8 Å². The van der Waals surface area contributed by atoms with Crippen molar-refractivity contribution in [2.24, 2.45) is 11.3 Å². The molecule has 18 heavy (non-hydrogen) atoms. The molecule has 2 aliphatic rings. The second kappa shape index (κ2) is 6.05. The first-order valence-electron chi connectivity index (χ1n) is 7.72. The van der Waals surface area contributed by atoms with Crippen LogP contribution in [0.15, 0.2) is 0 Å². The summed E-state index contributed by atoms with van der Waals surface area (Å²) in [6, 6.07) is 0. The van der Waals surface area contributed by atoms with Crippen LogP contribution in [0, 0.1) is 11.3 Å². The standard InChI is InChI=1S/C15H28N2O/c1-3-10-17(11-13-6-7-13)14(18)15(4-2)8-5-9-16-12-15/h13,16H,3-12H2,1-2H3. The van der Waals surface area contributed by atoms with E-state index in [2.05, 4.69) is 24.1 Å². The molecule has 1 unspecified atom stereocenters. The highest BCUT2D eigenvalue weighted by Crippen LogP contribution is 2.35. The Balaban J connectivity index is 2.03. The van der Waals surface area contributed by atoms with E-state index in [1.54, 1.807) is 0 Å². The molecule has 3 heteroatoms. The van der Waals surface area contributed by atoms with E-state index in [1.165, 1.54) is 12.8 Å². The summed E-state index contributed by atoms with van der Waals surface area (Å²) in [6.07, 6.45) is 6.91. The topological polar surface area (TPSA) is 32.3 Å². The maximum absolute atomic E-state index is 12.9. The van der Waals surface area contributed by atoms with Gasteiger partial charge >= 0.3 is 0 Å². The van der Waals surface area contributed by atoms with Crippen LogP contribution in [0.1, 0.15) is 52.4 Å². The van der Waals surface area contributed by atoms with E-state index in [-0.39, 0.29) is 5.41 Å². The summed E-state index contributed by atoms with van der Waals surface area (Å²) >= 11 is 0. The molecule has 1 amide bonds. The van der Waals surface area contributed by atoms with Crippen molar-refractivity contribution in [1.82, 2.24) is 10.2 Å². The molecule has 1 heterocycles. The average molecular weight is 252 g/mol. The van der Waals surface area contributed by atoms with E-state index >= 15 is 0 Å². The number of carbonyl (C=O) groups excluding carboxylic acids is 1. The third-order valence-corrected chi connectivity index (χ3v) is 4.56. The van der Waals surface area contributed by atoms with Crippen molar-refractivity contribution in [2.45, 2.75) is 52.4 Å². The van der Waals surface area contributed by atoms with E-state index in [0.29, 0.717) is 5.91 Å². The smallest absolute Gasteiger partial charge is 0.230 e. The first-order chi connectivity index (χ1) is 8.72. The Kier molecular flexibility index (Phi) is 4.66. The fourth-order valence-corrected chi connectivity index (χ4v) is 3.10. The molecule has 3 nitrogen and oxygen atoms in total. The molecule has 0 radical (unpaired) electrons. The molecule has 2 fully saturated rings. The van der Waals surface area contributed by atoms with E-state index in [9.17, 15) is 4.79 Å². The predicted octanol–water partition coefficient (Wildman–Crippen LogP) is 2.41. The number of hydrogen-bond donors (Lipinski definition) is 1. The van der Waals surface area contributed by atoms with Crippen LogP contribution in [0.25, 0.3) is 0 Å². The quantitative estimate of drug-likeness (QED) is 0.787. The molecule has 1 aliphatic carbocycles. The molecule has 1 N–H and O–H groups in total. The van der Waals surface area contributed by atoms with Crippen LogP contribution in [0.5, 0.6) is 0 Å². The lowest BCUT2D eigenvalue weighted by Crippen LogP contribution is -2.52. The molecule has 0 aromatic carbocycles. The number of rotatable bonds is 6. The number of amides is 1. The van der Waals surface area contributed by atoms with Gasteiger partial charge in [-0.05, 0) is 51.0 Å². The SMILES string of the molecule is CCCN(CC1CC1)C(=O)C1(CC)CCCNC1. The third-order valence-electron chi connectivity index (χ3n) is 4.56. The molecule has 0 aromatic heterocycles. The molecule has 0 spiro atoms. The summed E-state index contributed by atoms with van der Waals surface area (Å²) in [4.78, 5) is 15.1. The first-order valence-corrected chi connectivity index (χ1v) is 7.72. The van der Waals surface area contributed by atoms with Gasteiger partial charge < -0.3 is 10.2 Å². The van der Waals surface area contributed by atoms with Gasteiger partial charge in [0.25, 0.3) is 0 Å². The van der Waals surface area contributed by atoms with Crippen molar-refractivity contribution in [3.8, 4) is 0 Å². The summed E-state index contributed by atoms with van der Waals surface area (Å²) in [5.41, 5.74) is -0.109. The van der Waals surface area contributed by atoms with Gasteiger partial charge in [-0.1, -0.05) is 13.8 Å². The Bertz CT molecular complexity index is 280. The van der Waals surface area contributed by atoms with Crippen molar-refractivity contribution in [3.63, 3.8) is 0 Å². The van der Waals surface area contributed by atoms with Crippen LogP contribution >= 0.6 is 0 Å². The third kappa shape index (κ3) is 3.05. The molecule has 0 aromatic rings. The van der Waals surface area contributed by atoms with Crippen LogP contribution in [0.4, 0.5) is 0 Å². The minimum Gasteiger partial charge on any atom is -0.342 e. The van der Waals surface area contributed by atoms with Gasteiger partial charge in [0.1, 0.15) is 0 Å². The molecular weight excluding hydrogens is 224 g/mol. The molecule has 1 atom stereocenters. The largest absolute Gasteiger partial charge is 0.342 e. The second-order valence-corrected chi connectivity index (χ2v) is 6.11. The summed E-state index contributed by atoms with van der Waals surface area (Å²) < 4.78 is 0. The van der Waals surface area contributed by atoms with E-state index < -0.39 is 0 Å². The zero-order valence-corrected chi connectivity index (χ0v) is 12.0. The van der Waals surface area contributed by atoms with Gasteiger partial charge in [0, 0.05) is 19.6 Å². The van der Waals surface area contributed by atoms with Crippen molar-refractivity contribution in [3.05, 3.63) is 0 Å². The van der Waals surface area contributed by atoms with Crippen LogP contribution < -0.4 is 5.32 Å². The minimum absolute atomic E-state index is 0.109. The molecular formula is C15H28N2O. The van der Waals surface area contributed by atoms with Crippen molar-refractivity contribution < 1.29 is 4.79 Å². The van der Waals surface area contributed by atoms with Crippen LogP contribution in [-0.2, 0) is 4.79 Å². The summed E-state index contributed by atoms with van der Waals surface area (Å²) in [5, 5.41) is 3.43. The molecule has 1 saturated carbocycles. The lowest BCUT2D eigenvalue weighted by atomic mass is 9.77. The van der Waals surface area contributed by atoms with E-state index in [4.69, 9.17) is 0 Å². The zero-order valence-electron chi connectivity index (χ0n) is 12.0. The average Bonchev–Trinajstić information content (AvgIpc) is 3.22. The van der Waals surface area contributed by atoms with Gasteiger partial charge in [-0.15, -0.1) is 0 Å². The Morgan fingerprint density at radius 2 is 2.17 bits per heavy atom. The van der Waals surface area contributed by atoms with Crippen LogP contribution in [0.2, 0.25) is 0 Å². The fourth-order valence-electron chi connectivity index (χ4n) is 3.10. The highest BCUT2D eigenvalue weighted by Gasteiger charge is 2.41. The summed E-state index contributed by atoms with van der Waals surface area (Å²) in [5.74, 6) is 1.22. The summed E-state index contributed by atoms with van der Waals surface area (Å²) in [7, 11) is 0. The lowest BCUT2D eigenvalue weighted by molar-refractivity contribution is -0.144. The zero-order chi connectivity index (χ0) is 13.0. The second-order valence-electron chi connectivity index (χ2n) is 6.11. The highest BCUT2D eigenvalue weighted by molar-refractivity contribution is 5.83. The van der Waals surface area contributed by atoms with Crippen LogP contribution in [-0.4, -0.2) is 37.0 Å². The van der Waals surface area contributed by atoms with Gasteiger partial charge in [-0.3, -0.25) is 4.79 Å². The van der Waals surface area contributed by atoms with Crippen molar-refractivity contribution >= 4 is 5.91 Å². The van der Waals surface area contributed by atoms with Gasteiger partial charge in [-0.2, -0.15) is 0 Å². The predicted molar refractivity (Wildman–Crippen MR) is 74.4 cm³/mol. The number of nitrogens with zero attached hydrogens (tertiary/aromatic N) is 1. The minimum atomic E-state index is -0.109. The molecule has 1 aliphatic heterocycles. The maximum Gasteiger partial charge on any atom is 0.230 e. The molecule has 104 valence electrons. The van der Waals surface area contributed by atoms with Gasteiger partial charge in [0.15, 0.2) is 0 Å². The van der Waals surface area contributed by atoms with Crippen molar-refractivity contribution in [2.75, 3.05) is 26.2 Å². The lowest BCUT2D eigenvalue weighted by Gasteiger charge is -2.39. The normalized spacial score (nSPS) is 28.1. The van der Waals surface area contributed by atoms with Gasteiger partial charge in [-0.25, -0.2) is 0 Å². The molecule has 0 bridgehead atoms. The van der Waals surface area contributed by atoms with Gasteiger partial charge in [0.2, 0.25) is 5.91 Å². The Morgan fingerprint density at radius 3 is 2.67 bits per heavy atom. The first kappa shape index (κ1) is 13.9. The van der Waals surface area contributed by atoms with E-state index in [1.807, 2.05) is 0 Å². The Morgan fingerprint density at radius 1 is 1.39 bits per heavy atom. The number of piperidine rings is 1. The number of carbonyl (C=O) groups is 1. The van der Waals surface area contributed by atoms with Gasteiger partial charge in [0.05, 0.1) is 5.41 Å². The monoisotopic (exact) mass is 252 g/mol. The molecule has 2 rings (SSSR count). The van der Waals surface area contributed by atoms with Crippen LogP contribution in [0.3, 0.4) is 0 Å². The Hall–Kier alpha value is -0.570. The molecule has 1 saturated heterocycles. The fraction of sp³-hybridized carbons (Fsp3) is 0.933. The number of nitrogens with one attached hydrogen (secondary N) is 1. The maximum atomic E-state index is 12.9.